The Labute approximate surface area is 94.8 Å². The van der Waals surface area contributed by atoms with Crippen LogP contribution in [0.2, 0.25) is 0 Å². The van der Waals surface area contributed by atoms with Crippen LogP contribution in [0.3, 0.4) is 0 Å². The molecule has 0 fully saturated rings. The van der Waals surface area contributed by atoms with Gasteiger partial charge in [0.25, 0.3) is 0 Å². The Balaban J connectivity index is 2.60. The number of fused-ring (bicyclic) bond motifs is 1. The molecule has 0 amide bonds. The Morgan fingerprint density at radius 3 is 2.79 bits per heavy atom. The minimum atomic E-state index is -0.309. The van der Waals surface area contributed by atoms with E-state index in [1.165, 1.54) is 7.11 Å². The maximum Gasteiger partial charge on any atom is 0.339 e. The highest BCUT2D eigenvalue weighted by Crippen LogP contribution is 2.14. The zero-order valence-corrected chi connectivity index (χ0v) is 9.69. The van der Waals surface area contributed by atoms with Gasteiger partial charge in [-0.1, -0.05) is 0 Å². The number of carbonyl (C=O) groups is 1. The molecule has 0 unspecified atom stereocenters. The lowest BCUT2D eigenvalue weighted by molar-refractivity contribution is 0.0600. The van der Waals surface area contributed by atoms with Crippen LogP contribution in [0, 0.1) is 3.70 Å². The van der Waals surface area contributed by atoms with Gasteiger partial charge >= 0.3 is 5.97 Å². The van der Waals surface area contributed by atoms with Crippen molar-refractivity contribution in [1.29, 1.82) is 0 Å². The first kappa shape index (κ1) is 9.51. The van der Waals surface area contributed by atoms with Crippen LogP contribution in [0.1, 0.15) is 10.4 Å². The van der Waals surface area contributed by atoms with Crippen molar-refractivity contribution in [3.05, 3.63) is 39.7 Å². The van der Waals surface area contributed by atoms with Crippen molar-refractivity contribution in [3.8, 4) is 0 Å². The molecule has 0 aliphatic carbocycles. The van der Waals surface area contributed by atoms with Gasteiger partial charge in [-0.15, -0.1) is 0 Å². The molecule has 72 valence electrons. The fraction of sp³-hybridized carbons (Fsp3) is 0.100. The van der Waals surface area contributed by atoms with Gasteiger partial charge in [0, 0.05) is 11.7 Å². The molecule has 0 spiro atoms. The summed E-state index contributed by atoms with van der Waals surface area (Å²) in [6.45, 7) is 0. The van der Waals surface area contributed by atoms with Crippen molar-refractivity contribution in [2.24, 2.45) is 0 Å². The van der Waals surface area contributed by atoms with Crippen LogP contribution in [0.15, 0.2) is 30.5 Å². The van der Waals surface area contributed by atoms with Gasteiger partial charge in [-0.05, 0) is 46.9 Å². The summed E-state index contributed by atoms with van der Waals surface area (Å²) in [6.07, 6.45) is 1.78. The molecule has 0 atom stereocenters. The van der Waals surface area contributed by atoms with Gasteiger partial charge in [-0.3, -0.25) is 0 Å². The number of esters is 1. The lowest BCUT2D eigenvalue weighted by Gasteiger charge is -2.01. The first-order chi connectivity index (χ1) is 6.72. The monoisotopic (exact) mass is 301 g/mol. The van der Waals surface area contributed by atoms with Crippen LogP contribution in [0.5, 0.6) is 0 Å². The molecule has 14 heavy (non-hydrogen) atoms. The van der Waals surface area contributed by atoms with E-state index in [-0.39, 0.29) is 5.97 Å². The molecule has 2 heterocycles. The minimum Gasteiger partial charge on any atom is -0.465 e. The third kappa shape index (κ3) is 1.50. The third-order valence-corrected chi connectivity index (χ3v) is 2.90. The van der Waals surface area contributed by atoms with E-state index in [2.05, 4.69) is 27.3 Å². The summed E-state index contributed by atoms with van der Waals surface area (Å²) in [5.74, 6) is -0.309. The summed E-state index contributed by atoms with van der Waals surface area (Å²) in [7, 11) is 1.38. The lowest BCUT2D eigenvalue weighted by atomic mass is 10.3. The Morgan fingerprint density at radius 2 is 2.07 bits per heavy atom. The molecule has 0 saturated heterocycles. The van der Waals surface area contributed by atoms with Crippen molar-refractivity contribution in [2.45, 2.75) is 0 Å². The van der Waals surface area contributed by atoms with E-state index in [1.54, 1.807) is 12.3 Å². The number of aromatic nitrogens is 1. The largest absolute Gasteiger partial charge is 0.465 e. The van der Waals surface area contributed by atoms with Gasteiger partial charge in [0.2, 0.25) is 0 Å². The number of nitrogens with zero attached hydrogens (tertiary/aromatic N) is 1. The number of ether oxygens (including phenoxy) is 1. The Kier molecular flexibility index (Phi) is 2.45. The van der Waals surface area contributed by atoms with Crippen molar-refractivity contribution in [2.75, 3.05) is 7.11 Å². The second-order valence-corrected chi connectivity index (χ2v) is 3.97. The van der Waals surface area contributed by atoms with E-state index in [1.807, 2.05) is 22.6 Å². The molecule has 0 saturated carbocycles. The molecule has 0 aromatic carbocycles. The topological polar surface area (TPSA) is 30.7 Å². The lowest BCUT2D eigenvalue weighted by Crippen LogP contribution is -2.02. The predicted molar refractivity (Wildman–Crippen MR) is 61.5 cm³/mol. The van der Waals surface area contributed by atoms with Crippen LogP contribution >= 0.6 is 22.6 Å². The van der Waals surface area contributed by atoms with Crippen molar-refractivity contribution in [3.63, 3.8) is 0 Å². The highest BCUT2D eigenvalue weighted by Gasteiger charge is 2.06. The highest BCUT2D eigenvalue weighted by atomic mass is 127. The number of methoxy groups -OCH3 is 1. The average Bonchev–Trinajstić information content (AvgIpc) is 2.59. The molecule has 2 aromatic heterocycles. The van der Waals surface area contributed by atoms with Gasteiger partial charge in [-0.25, -0.2) is 4.79 Å². The Bertz CT molecular complexity index is 490. The van der Waals surface area contributed by atoms with Crippen LogP contribution in [-0.2, 0) is 4.74 Å². The molecule has 0 bridgehead atoms. The first-order valence-corrected chi connectivity index (χ1v) is 5.15. The van der Waals surface area contributed by atoms with E-state index < -0.39 is 0 Å². The summed E-state index contributed by atoms with van der Waals surface area (Å²) in [5.41, 5.74) is 1.64. The Hall–Kier alpha value is -1.04. The second kappa shape index (κ2) is 3.61. The van der Waals surface area contributed by atoms with E-state index in [4.69, 9.17) is 0 Å². The van der Waals surface area contributed by atoms with E-state index in [0.29, 0.717) is 5.56 Å². The zero-order chi connectivity index (χ0) is 10.1. The van der Waals surface area contributed by atoms with Gasteiger partial charge in [0.1, 0.15) is 0 Å². The van der Waals surface area contributed by atoms with Crippen LogP contribution < -0.4 is 0 Å². The molecule has 0 radical (unpaired) electrons. The molecule has 0 aliphatic rings. The van der Waals surface area contributed by atoms with E-state index in [0.717, 1.165) is 9.22 Å². The molecular weight excluding hydrogens is 293 g/mol. The maximum absolute atomic E-state index is 11.3. The normalized spacial score (nSPS) is 10.4. The summed E-state index contributed by atoms with van der Waals surface area (Å²) in [6, 6.07) is 7.66. The van der Waals surface area contributed by atoms with E-state index in [9.17, 15) is 4.79 Å². The molecule has 2 aromatic rings. The number of pyridine rings is 1. The molecule has 2 rings (SSSR count). The molecule has 0 N–H and O–H groups in total. The van der Waals surface area contributed by atoms with Gasteiger partial charge < -0.3 is 9.14 Å². The van der Waals surface area contributed by atoms with Crippen molar-refractivity contribution < 1.29 is 9.53 Å². The van der Waals surface area contributed by atoms with Gasteiger partial charge in [0.05, 0.1) is 16.4 Å². The molecule has 4 heteroatoms. The quantitative estimate of drug-likeness (QED) is 0.598. The second-order valence-electron chi connectivity index (χ2n) is 2.86. The number of carbonyl (C=O) groups excluding carboxylic acids is 1. The summed E-state index contributed by atoms with van der Waals surface area (Å²) >= 11 is 2.22. The first-order valence-electron chi connectivity index (χ1n) is 4.07. The third-order valence-electron chi connectivity index (χ3n) is 2.02. The number of hydrogen-bond donors (Lipinski definition) is 0. The van der Waals surface area contributed by atoms with Gasteiger partial charge in [-0.2, -0.15) is 0 Å². The van der Waals surface area contributed by atoms with Crippen LogP contribution in [0.25, 0.3) is 5.52 Å². The van der Waals surface area contributed by atoms with Crippen LogP contribution in [0.4, 0.5) is 0 Å². The molecule has 0 aliphatic heterocycles. The summed E-state index contributed by atoms with van der Waals surface area (Å²) < 4.78 is 7.67. The maximum atomic E-state index is 11.3. The zero-order valence-electron chi connectivity index (χ0n) is 7.53. The van der Waals surface area contributed by atoms with Gasteiger partial charge in [0.15, 0.2) is 0 Å². The minimum absolute atomic E-state index is 0.309. The average molecular weight is 301 g/mol. The van der Waals surface area contributed by atoms with Crippen molar-refractivity contribution >= 4 is 34.1 Å². The number of halogens is 1. The highest BCUT2D eigenvalue weighted by molar-refractivity contribution is 14.1. The number of rotatable bonds is 1. The van der Waals surface area contributed by atoms with Crippen LogP contribution in [-0.4, -0.2) is 17.5 Å². The standard InChI is InChI=1S/C10H8INO2/c1-14-10(13)7-2-3-8-4-5-9(11)12(8)6-7/h2-6H,1H3. The Morgan fingerprint density at radius 1 is 1.36 bits per heavy atom. The summed E-state index contributed by atoms with van der Waals surface area (Å²) in [4.78, 5) is 11.3. The SMILES string of the molecule is COC(=O)c1ccc2ccc(I)n2c1. The van der Waals surface area contributed by atoms with E-state index >= 15 is 0 Å². The molecule has 3 nitrogen and oxygen atoms in total. The smallest absolute Gasteiger partial charge is 0.339 e. The molecular formula is C10H8INO2. The fourth-order valence-corrected chi connectivity index (χ4v) is 1.90. The summed E-state index contributed by atoms with van der Waals surface area (Å²) in [5, 5.41) is 0. The predicted octanol–water partition coefficient (Wildman–Crippen LogP) is 2.33. The number of hydrogen-bond acceptors (Lipinski definition) is 2. The van der Waals surface area contributed by atoms with Crippen molar-refractivity contribution in [1.82, 2.24) is 4.40 Å². The fourth-order valence-electron chi connectivity index (χ4n) is 1.31.